The number of hydrogen-bond acceptors (Lipinski definition) is 8. The Hall–Kier alpha value is -3.46. The van der Waals surface area contributed by atoms with Crippen LogP contribution in [0.3, 0.4) is 0 Å². The van der Waals surface area contributed by atoms with Gasteiger partial charge in [0.2, 0.25) is 23.6 Å². The molecule has 13 N–H and O–H groups in total. The van der Waals surface area contributed by atoms with E-state index in [0.717, 1.165) is 0 Å². The summed E-state index contributed by atoms with van der Waals surface area (Å²) in [6.07, 6.45) is -1.52. The number of primary amides is 1. The summed E-state index contributed by atoms with van der Waals surface area (Å²) >= 11 is 0. The van der Waals surface area contributed by atoms with Gasteiger partial charge in [0.25, 0.3) is 0 Å². The summed E-state index contributed by atoms with van der Waals surface area (Å²) in [5.74, 6) is -4.91. The van der Waals surface area contributed by atoms with Crippen molar-refractivity contribution in [3.05, 3.63) is 0 Å². The minimum Gasteiger partial charge on any atom is -0.480 e. The Morgan fingerprint density at radius 1 is 1.03 bits per heavy atom. The zero-order valence-electron chi connectivity index (χ0n) is 17.0. The second-order valence-electron chi connectivity index (χ2n) is 6.63. The van der Waals surface area contributed by atoms with E-state index in [1.165, 1.54) is 6.92 Å². The molecule has 0 spiro atoms. The van der Waals surface area contributed by atoms with Gasteiger partial charge >= 0.3 is 5.97 Å². The minimum absolute atomic E-state index is 0.0376. The predicted octanol–water partition coefficient (Wildman–Crippen LogP) is -5.21. The molecule has 0 saturated heterocycles. The average Bonchev–Trinajstić information content (AvgIpc) is 2.64. The van der Waals surface area contributed by atoms with Crippen molar-refractivity contribution in [3.63, 3.8) is 0 Å². The van der Waals surface area contributed by atoms with Gasteiger partial charge in [0.05, 0.1) is 25.1 Å². The Morgan fingerprint density at radius 2 is 1.65 bits per heavy atom. The van der Waals surface area contributed by atoms with E-state index in [1.807, 2.05) is 0 Å². The smallest absolute Gasteiger partial charge is 0.326 e. The molecular weight excluding hydrogens is 416 g/mol. The van der Waals surface area contributed by atoms with E-state index in [-0.39, 0.29) is 25.3 Å². The Bertz CT molecular complexity index is 693. The number of aliphatic carboxylic acids is 1. The number of hydrogen-bond donors (Lipinski definition) is 9. The molecule has 0 aliphatic heterocycles. The van der Waals surface area contributed by atoms with Crippen molar-refractivity contribution < 1.29 is 34.2 Å². The van der Waals surface area contributed by atoms with Crippen molar-refractivity contribution in [2.75, 3.05) is 13.1 Å². The standard InChI is InChI=1S/C16H30N8O7/c1-7(25)12(24-13(28)8(17)5-10(18)26)14(29)22-6-11(27)23-9(15(30)31)3-2-4-21-16(19)20/h7-9,12,25H,2-6,17H2,1H3,(H2,18,26)(H,22,29)(H,23,27)(H,24,28)(H,30,31)(H4,19,20,21). The van der Waals surface area contributed by atoms with Gasteiger partial charge in [0.15, 0.2) is 5.96 Å². The molecule has 0 radical (unpaired) electrons. The summed E-state index contributed by atoms with van der Waals surface area (Å²) in [5.41, 5.74) is 20.7. The molecule has 0 aromatic rings. The highest BCUT2D eigenvalue weighted by Gasteiger charge is 2.29. The van der Waals surface area contributed by atoms with Crippen molar-refractivity contribution in [3.8, 4) is 0 Å². The van der Waals surface area contributed by atoms with E-state index in [9.17, 15) is 34.2 Å². The Labute approximate surface area is 178 Å². The Kier molecular flexibility index (Phi) is 12.2. The van der Waals surface area contributed by atoms with Crippen LogP contribution < -0.4 is 38.9 Å². The number of carboxylic acids is 1. The molecule has 0 aromatic carbocycles. The maximum absolute atomic E-state index is 12.2. The summed E-state index contributed by atoms with van der Waals surface area (Å²) in [5, 5.41) is 25.4. The molecule has 0 heterocycles. The third-order valence-corrected chi connectivity index (χ3v) is 3.82. The van der Waals surface area contributed by atoms with Crippen molar-refractivity contribution in [1.29, 1.82) is 0 Å². The average molecular weight is 446 g/mol. The molecule has 0 fully saturated rings. The maximum atomic E-state index is 12.2. The van der Waals surface area contributed by atoms with Crippen LogP contribution in [0.15, 0.2) is 4.99 Å². The normalized spacial score (nSPS) is 14.3. The topological polar surface area (TPSA) is 278 Å². The van der Waals surface area contributed by atoms with Crippen molar-refractivity contribution in [2.24, 2.45) is 27.9 Å². The second-order valence-corrected chi connectivity index (χ2v) is 6.63. The summed E-state index contributed by atoms with van der Waals surface area (Å²) in [7, 11) is 0. The SMILES string of the molecule is CC(O)C(NC(=O)C(N)CC(N)=O)C(=O)NCC(=O)NC(CCCN=C(N)N)C(=O)O. The quantitative estimate of drug-likeness (QED) is 0.0694. The van der Waals surface area contributed by atoms with E-state index < -0.39 is 66.8 Å². The second kappa shape index (κ2) is 13.7. The van der Waals surface area contributed by atoms with E-state index in [2.05, 4.69) is 20.9 Å². The molecule has 176 valence electrons. The zero-order chi connectivity index (χ0) is 24.1. The number of aliphatic imine (C=N–C) groups is 1. The van der Waals surface area contributed by atoms with E-state index in [1.54, 1.807) is 0 Å². The van der Waals surface area contributed by atoms with Crippen LogP contribution in [0.2, 0.25) is 0 Å². The van der Waals surface area contributed by atoms with Gasteiger partial charge in [0.1, 0.15) is 12.1 Å². The molecule has 0 saturated carbocycles. The first-order valence-electron chi connectivity index (χ1n) is 9.22. The van der Waals surface area contributed by atoms with Crippen molar-refractivity contribution in [2.45, 2.75) is 50.4 Å². The lowest BCUT2D eigenvalue weighted by Crippen LogP contribution is -2.57. The molecule has 15 nitrogen and oxygen atoms in total. The number of nitrogens with one attached hydrogen (secondary N) is 3. The highest BCUT2D eigenvalue weighted by atomic mass is 16.4. The molecule has 0 aliphatic carbocycles. The molecule has 0 aliphatic rings. The molecule has 4 amide bonds. The summed E-state index contributed by atoms with van der Waals surface area (Å²) in [6, 6.07) is -4.04. The lowest BCUT2D eigenvalue weighted by atomic mass is 10.1. The number of amides is 4. The number of rotatable bonds is 14. The van der Waals surface area contributed by atoms with Crippen LogP contribution >= 0.6 is 0 Å². The van der Waals surface area contributed by atoms with E-state index in [0.29, 0.717) is 0 Å². The van der Waals surface area contributed by atoms with E-state index in [4.69, 9.17) is 22.9 Å². The summed E-state index contributed by atoms with van der Waals surface area (Å²) < 4.78 is 0. The fourth-order valence-corrected chi connectivity index (χ4v) is 2.26. The summed E-state index contributed by atoms with van der Waals surface area (Å²) in [6.45, 7) is 0.760. The number of aliphatic hydroxyl groups is 1. The number of carbonyl (C=O) groups is 5. The van der Waals surface area contributed by atoms with Crippen molar-refractivity contribution >= 4 is 35.6 Å². The van der Waals surface area contributed by atoms with Gasteiger partial charge in [-0.3, -0.25) is 24.2 Å². The molecule has 15 heteroatoms. The number of carbonyl (C=O) groups excluding carboxylic acids is 4. The monoisotopic (exact) mass is 446 g/mol. The number of nitrogens with zero attached hydrogens (tertiary/aromatic N) is 1. The fraction of sp³-hybridized carbons (Fsp3) is 0.625. The summed E-state index contributed by atoms with van der Waals surface area (Å²) in [4.78, 5) is 61.9. The lowest BCUT2D eigenvalue weighted by molar-refractivity contribution is -0.142. The third kappa shape index (κ3) is 12.0. The Balaban J connectivity index is 4.73. The number of nitrogens with two attached hydrogens (primary N) is 4. The third-order valence-electron chi connectivity index (χ3n) is 3.82. The molecule has 31 heavy (non-hydrogen) atoms. The minimum atomic E-state index is -1.48. The zero-order valence-corrected chi connectivity index (χ0v) is 17.0. The van der Waals surface area contributed by atoms with Gasteiger partial charge in [-0.15, -0.1) is 0 Å². The maximum Gasteiger partial charge on any atom is 0.326 e. The first kappa shape index (κ1) is 27.5. The van der Waals surface area contributed by atoms with Crippen LogP contribution in [0, 0.1) is 0 Å². The van der Waals surface area contributed by atoms with Crippen LogP contribution in [0.5, 0.6) is 0 Å². The van der Waals surface area contributed by atoms with Gasteiger partial charge in [-0.25, -0.2) is 4.79 Å². The molecule has 0 bridgehead atoms. The van der Waals surface area contributed by atoms with Gasteiger partial charge in [0, 0.05) is 6.54 Å². The first-order chi connectivity index (χ1) is 14.3. The highest BCUT2D eigenvalue weighted by molar-refractivity contribution is 5.94. The predicted molar refractivity (Wildman–Crippen MR) is 108 cm³/mol. The first-order valence-corrected chi connectivity index (χ1v) is 9.22. The highest BCUT2D eigenvalue weighted by Crippen LogP contribution is 1.99. The van der Waals surface area contributed by atoms with Crippen LogP contribution in [0.1, 0.15) is 26.2 Å². The lowest BCUT2D eigenvalue weighted by Gasteiger charge is -2.22. The fourth-order valence-electron chi connectivity index (χ4n) is 2.26. The molecular formula is C16H30N8O7. The molecule has 4 atom stereocenters. The van der Waals surface area contributed by atoms with Crippen LogP contribution in [-0.2, 0) is 24.0 Å². The molecule has 0 aromatic heterocycles. The van der Waals surface area contributed by atoms with Gasteiger partial charge in [-0.1, -0.05) is 0 Å². The number of carboxylic acid groups (broad SMARTS) is 1. The largest absolute Gasteiger partial charge is 0.480 e. The van der Waals surface area contributed by atoms with Gasteiger partial charge in [-0.2, -0.15) is 0 Å². The van der Waals surface area contributed by atoms with Gasteiger partial charge < -0.3 is 49.1 Å². The molecule has 0 rings (SSSR count). The number of aliphatic hydroxyl groups excluding tert-OH is 1. The van der Waals surface area contributed by atoms with Crippen LogP contribution in [0.25, 0.3) is 0 Å². The van der Waals surface area contributed by atoms with Crippen LogP contribution in [0.4, 0.5) is 0 Å². The van der Waals surface area contributed by atoms with Crippen molar-refractivity contribution in [1.82, 2.24) is 16.0 Å². The van der Waals surface area contributed by atoms with E-state index >= 15 is 0 Å². The number of guanidine groups is 1. The van der Waals surface area contributed by atoms with Crippen LogP contribution in [-0.4, -0.2) is 83.1 Å². The Morgan fingerprint density at radius 3 is 2.13 bits per heavy atom. The molecule has 4 unspecified atom stereocenters. The van der Waals surface area contributed by atoms with Gasteiger partial charge in [-0.05, 0) is 19.8 Å².